The van der Waals surface area contributed by atoms with E-state index in [9.17, 15) is 20.0 Å². The maximum atomic E-state index is 11.8. The van der Waals surface area contributed by atoms with E-state index in [-0.39, 0.29) is 29.3 Å². The Balaban J connectivity index is 1.85. The Hall–Kier alpha value is -3.68. The second-order valence-electron chi connectivity index (χ2n) is 7.25. The summed E-state index contributed by atoms with van der Waals surface area (Å²) < 4.78 is 5.93. The van der Waals surface area contributed by atoms with Crippen LogP contribution in [0.2, 0.25) is 0 Å². The minimum absolute atomic E-state index is 0.0173. The maximum absolute atomic E-state index is 11.8. The number of pyridine rings is 1. The van der Waals surface area contributed by atoms with E-state index >= 15 is 0 Å². The molecule has 30 heavy (non-hydrogen) atoms. The molecule has 8 nitrogen and oxygen atoms in total. The van der Waals surface area contributed by atoms with E-state index in [1.807, 2.05) is 36.4 Å². The second kappa shape index (κ2) is 8.36. The van der Waals surface area contributed by atoms with E-state index in [0.29, 0.717) is 5.39 Å². The van der Waals surface area contributed by atoms with Gasteiger partial charge >= 0.3 is 5.97 Å². The first kappa shape index (κ1) is 19.6. The predicted octanol–water partition coefficient (Wildman–Crippen LogP) is 4.41. The molecule has 0 saturated carbocycles. The van der Waals surface area contributed by atoms with Gasteiger partial charge in [-0.1, -0.05) is 30.3 Å². The number of hydrogen-bond acceptors (Lipinski definition) is 6. The molecule has 2 aromatic carbocycles. The molecule has 1 saturated heterocycles. The van der Waals surface area contributed by atoms with Crippen molar-refractivity contribution in [3.63, 3.8) is 0 Å². The summed E-state index contributed by atoms with van der Waals surface area (Å²) in [7, 11) is 0. The lowest BCUT2D eigenvalue weighted by Gasteiger charge is -2.29. The van der Waals surface area contributed by atoms with Crippen LogP contribution in [0.15, 0.2) is 48.5 Å². The molecule has 0 aliphatic carbocycles. The summed E-state index contributed by atoms with van der Waals surface area (Å²) in [5.41, 5.74) is 1.13. The number of aromatic nitrogens is 1. The van der Waals surface area contributed by atoms with Crippen LogP contribution >= 0.6 is 0 Å². The van der Waals surface area contributed by atoms with Crippen molar-refractivity contribution in [1.82, 2.24) is 4.98 Å². The third-order valence-electron chi connectivity index (χ3n) is 5.21. The fourth-order valence-electron chi connectivity index (χ4n) is 3.70. The molecule has 0 bridgehead atoms. The summed E-state index contributed by atoms with van der Waals surface area (Å²) in [4.78, 5) is 29.0. The van der Waals surface area contributed by atoms with E-state index in [1.165, 1.54) is 12.1 Å². The maximum Gasteiger partial charge on any atom is 0.354 e. The highest BCUT2D eigenvalue weighted by atomic mass is 16.6. The number of carboxylic acids is 1. The van der Waals surface area contributed by atoms with Gasteiger partial charge in [-0.15, -0.1) is 0 Å². The summed E-state index contributed by atoms with van der Waals surface area (Å²) in [5, 5.41) is 21.7. The molecule has 1 aromatic heterocycles. The number of carbonyl (C=O) groups is 1. The van der Waals surface area contributed by atoms with Crippen LogP contribution in [0.1, 0.15) is 35.3 Å². The first-order valence-corrected chi connectivity index (χ1v) is 9.81. The van der Waals surface area contributed by atoms with Crippen LogP contribution in [-0.4, -0.2) is 34.1 Å². The highest BCUT2D eigenvalue weighted by molar-refractivity contribution is 5.99. The van der Waals surface area contributed by atoms with Crippen LogP contribution in [-0.2, 0) is 6.61 Å². The number of fused-ring (bicyclic) bond motifs is 1. The van der Waals surface area contributed by atoms with Gasteiger partial charge in [-0.2, -0.15) is 0 Å². The molecule has 0 amide bonds. The normalized spacial score (nSPS) is 13.9. The summed E-state index contributed by atoms with van der Waals surface area (Å²) in [5.74, 6) is -1.00. The first-order valence-electron chi connectivity index (χ1n) is 9.81. The summed E-state index contributed by atoms with van der Waals surface area (Å²) in [6, 6.07) is 14.1. The molecule has 154 valence electrons. The Morgan fingerprint density at radius 1 is 1.13 bits per heavy atom. The molecular weight excluding hydrogens is 386 g/mol. The van der Waals surface area contributed by atoms with Gasteiger partial charge < -0.3 is 14.7 Å². The molecule has 0 radical (unpaired) electrons. The second-order valence-corrected chi connectivity index (χ2v) is 7.25. The first-order chi connectivity index (χ1) is 14.5. The summed E-state index contributed by atoms with van der Waals surface area (Å²) in [6.07, 6.45) is 3.19. The number of nitrogens with zero attached hydrogens (tertiary/aromatic N) is 3. The molecule has 0 atom stereocenters. The number of anilines is 1. The van der Waals surface area contributed by atoms with Crippen molar-refractivity contribution in [2.24, 2.45) is 0 Å². The third-order valence-corrected chi connectivity index (χ3v) is 5.21. The van der Waals surface area contributed by atoms with Gasteiger partial charge in [0.25, 0.3) is 5.69 Å². The Labute approximate surface area is 172 Å². The highest BCUT2D eigenvalue weighted by Crippen LogP contribution is 2.37. The minimum atomic E-state index is -1.27. The predicted molar refractivity (Wildman–Crippen MR) is 112 cm³/mol. The number of piperidine rings is 1. The van der Waals surface area contributed by atoms with Crippen molar-refractivity contribution in [1.29, 1.82) is 0 Å². The van der Waals surface area contributed by atoms with Crippen LogP contribution < -0.4 is 9.64 Å². The number of hydrogen-bond donors (Lipinski definition) is 1. The lowest BCUT2D eigenvalue weighted by molar-refractivity contribution is -0.383. The van der Waals surface area contributed by atoms with Gasteiger partial charge in [0.1, 0.15) is 12.4 Å². The van der Waals surface area contributed by atoms with E-state index in [2.05, 4.69) is 9.88 Å². The quantitative estimate of drug-likeness (QED) is 0.476. The lowest BCUT2D eigenvalue weighted by Crippen LogP contribution is -2.29. The molecule has 1 N–H and O–H groups in total. The molecular formula is C22H21N3O5. The molecule has 0 spiro atoms. The van der Waals surface area contributed by atoms with Crippen molar-refractivity contribution < 1.29 is 19.6 Å². The average molecular weight is 407 g/mol. The number of ether oxygens (including phenoxy) is 1. The number of rotatable bonds is 6. The molecule has 4 rings (SSSR count). The SMILES string of the molecule is O=C(O)c1cc(OCc2ccccc2)c2cc(N3CCCCC3)cc([N+](=O)[O-])c2n1. The molecule has 0 unspecified atom stereocenters. The largest absolute Gasteiger partial charge is 0.488 e. The topological polar surface area (TPSA) is 106 Å². The lowest BCUT2D eigenvalue weighted by atomic mass is 10.1. The standard InChI is InChI=1S/C22H21N3O5/c26-22(27)18-13-20(30-14-15-7-3-1-4-8-15)17-11-16(24-9-5-2-6-10-24)12-19(25(28)29)21(17)23-18/h1,3-4,7-8,11-13H,2,5-6,9-10,14H2,(H,26,27). The highest BCUT2D eigenvalue weighted by Gasteiger charge is 2.24. The Kier molecular flexibility index (Phi) is 5.47. The number of benzene rings is 2. The monoisotopic (exact) mass is 407 g/mol. The van der Waals surface area contributed by atoms with Crippen molar-refractivity contribution in [3.8, 4) is 5.75 Å². The third kappa shape index (κ3) is 4.03. The van der Waals surface area contributed by atoms with Gasteiger partial charge in [0.15, 0.2) is 11.2 Å². The van der Waals surface area contributed by atoms with Crippen LogP contribution in [0.5, 0.6) is 5.75 Å². The van der Waals surface area contributed by atoms with Gasteiger partial charge in [-0.05, 0) is 30.9 Å². The van der Waals surface area contributed by atoms with E-state index in [4.69, 9.17) is 4.74 Å². The number of non-ortho nitro benzene ring substituents is 1. The Bertz CT molecular complexity index is 1090. The summed E-state index contributed by atoms with van der Waals surface area (Å²) >= 11 is 0. The van der Waals surface area contributed by atoms with E-state index in [0.717, 1.165) is 43.6 Å². The molecule has 1 aliphatic rings. The van der Waals surface area contributed by atoms with Crippen LogP contribution in [0.3, 0.4) is 0 Å². The van der Waals surface area contributed by atoms with Gasteiger partial charge in [-0.25, -0.2) is 9.78 Å². The zero-order valence-corrected chi connectivity index (χ0v) is 16.3. The zero-order chi connectivity index (χ0) is 21.1. The van der Waals surface area contributed by atoms with Gasteiger partial charge in [-0.3, -0.25) is 10.1 Å². The number of aromatic carboxylic acids is 1. The molecule has 1 fully saturated rings. The van der Waals surface area contributed by atoms with Crippen molar-refractivity contribution in [2.45, 2.75) is 25.9 Å². The molecule has 2 heterocycles. The van der Waals surface area contributed by atoms with Gasteiger partial charge in [0.05, 0.1) is 10.3 Å². The van der Waals surface area contributed by atoms with E-state index in [1.54, 1.807) is 0 Å². The number of nitro groups is 1. The minimum Gasteiger partial charge on any atom is -0.488 e. The number of carboxylic acid groups (broad SMARTS) is 1. The Morgan fingerprint density at radius 2 is 1.87 bits per heavy atom. The Morgan fingerprint density at radius 3 is 2.53 bits per heavy atom. The zero-order valence-electron chi connectivity index (χ0n) is 16.3. The van der Waals surface area contributed by atoms with E-state index < -0.39 is 10.9 Å². The average Bonchev–Trinajstić information content (AvgIpc) is 2.77. The summed E-state index contributed by atoms with van der Waals surface area (Å²) in [6.45, 7) is 1.85. The van der Waals surface area contributed by atoms with Crippen LogP contribution in [0.25, 0.3) is 10.9 Å². The fraction of sp³-hybridized carbons (Fsp3) is 0.273. The van der Waals surface area contributed by atoms with Crippen molar-refractivity contribution in [3.05, 3.63) is 69.9 Å². The number of nitro benzene ring substituents is 1. The van der Waals surface area contributed by atoms with Crippen molar-refractivity contribution in [2.75, 3.05) is 18.0 Å². The molecule has 3 aromatic rings. The van der Waals surface area contributed by atoms with Crippen LogP contribution in [0, 0.1) is 10.1 Å². The fourth-order valence-corrected chi connectivity index (χ4v) is 3.70. The van der Waals surface area contributed by atoms with Gasteiger partial charge in [0.2, 0.25) is 0 Å². The smallest absolute Gasteiger partial charge is 0.354 e. The molecule has 8 heteroatoms. The van der Waals surface area contributed by atoms with Crippen molar-refractivity contribution >= 4 is 28.2 Å². The van der Waals surface area contributed by atoms with Crippen LogP contribution in [0.4, 0.5) is 11.4 Å². The molecule has 1 aliphatic heterocycles. The van der Waals surface area contributed by atoms with Gasteiger partial charge in [0, 0.05) is 30.9 Å².